The fraction of sp³-hybridized carbons (Fsp3) is 0.600. The van der Waals surface area contributed by atoms with Crippen molar-refractivity contribution in [1.82, 2.24) is 9.97 Å². The Kier molecular flexibility index (Phi) is 3.95. The Hall–Kier alpha value is -0.880. The summed E-state index contributed by atoms with van der Waals surface area (Å²) in [5.74, 6) is 0.815. The monoisotopic (exact) mass is 243 g/mol. The largest absolute Gasteiger partial charge is 0.377 e. The lowest BCUT2D eigenvalue weighted by Crippen LogP contribution is -2.09. The molecule has 1 unspecified atom stereocenters. The van der Waals surface area contributed by atoms with Gasteiger partial charge in [0.05, 0.1) is 12.3 Å². The molecule has 1 aliphatic heterocycles. The van der Waals surface area contributed by atoms with Gasteiger partial charge in [0.15, 0.2) is 5.82 Å². The standard InChI is InChI=1S/C10H14FN3OS/c1-12-10-13-5-8(11)9(14-10)16-6-7-3-2-4-15-7/h5,7H,2-4,6H2,1H3,(H,12,13,14). The van der Waals surface area contributed by atoms with Gasteiger partial charge >= 0.3 is 0 Å². The Balaban J connectivity index is 1.96. The second kappa shape index (κ2) is 5.45. The van der Waals surface area contributed by atoms with E-state index < -0.39 is 0 Å². The molecule has 88 valence electrons. The molecule has 1 atom stereocenters. The molecular formula is C10H14FN3OS. The number of halogens is 1. The average Bonchev–Trinajstić information content (AvgIpc) is 2.81. The van der Waals surface area contributed by atoms with E-state index in [0.29, 0.717) is 11.0 Å². The average molecular weight is 243 g/mol. The highest BCUT2D eigenvalue weighted by Crippen LogP contribution is 2.24. The Bertz CT molecular complexity index is 358. The lowest BCUT2D eigenvalue weighted by Gasteiger charge is -2.09. The van der Waals surface area contributed by atoms with Crippen molar-refractivity contribution < 1.29 is 9.13 Å². The molecule has 2 rings (SSSR count). The Morgan fingerprint density at radius 2 is 2.56 bits per heavy atom. The van der Waals surface area contributed by atoms with E-state index in [1.807, 2.05) is 0 Å². The van der Waals surface area contributed by atoms with Crippen molar-refractivity contribution in [2.45, 2.75) is 24.0 Å². The van der Waals surface area contributed by atoms with Crippen LogP contribution in [0.25, 0.3) is 0 Å². The van der Waals surface area contributed by atoms with E-state index in [1.165, 1.54) is 18.0 Å². The summed E-state index contributed by atoms with van der Waals surface area (Å²) in [6, 6.07) is 0. The van der Waals surface area contributed by atoms with Crippen LogP contribution in [0.5, 0.6) is 0 Å². The van der Waals surface area contributed by atoms with Crippen molar-refractivity contribution in [1.29, 1.82) is 0 Å². The summed E-state index contributed by atoms with van der Waals surface area (Å²) < 4.78 is 18.8. The van der Waals surface area contributed by atoms with E-state index in [1.54, 1.807) is 7.05 Å². The molecule has 1 N–H and O–H groups in total. The third-order valence-corrected chi connectivity index (χ3v) is 3.46. The smallest absolute Gasteiger partial charge is 0.223 e. The predicted octanol–water partition coefficient (Wildman–Crippen LogP) is 1.93. The van der Waals surface area contributed by atoms with Gasteiger partial charge in [-0.25, -0.2) is 14.4 Å². The molecule has 1 fully saturated rings. The lowest BCUT2D eigenvalue weighted by atomic mass is 10.3. The van der Waals surface area contributed by atoms with Gasteiger partial charge in [0.25, 0.3) is 0 Å². The number of ether oxygens (including phenoxy) is 1. The zero-order valence-electron chi connectivity index (χ0n) is 9.07. The molecule has 1 saturated heterocycles. The van der Waals surface area contributed by atoms with Crippen LogP contribution >= 0.6 is 11.8 Å². The topological polar surface area (TPSA) is 47.0 Å². The van der Waals surface area contributed by atoms with E-state index in [-0.39, 0.29) is 11.9 Å². The molecule has 0 aromatic carbocycles. The summed E-state index contributed by atoms with van der Waals surface area (Å²) in [7, 11) is 1.71. The summed E-state index contributed by atoms with van der Waals surface area (Å²) >= 11 is 1.38. The molecule has 0 radical (unpaired) electrons. The van der Waals surface area contributed by atoms with Crippen LogP contribution in [0.4, 0.5) is 10.3 Å². The molecule has 0 amide bonds. The Morgan fingerprint density at radius 3 is 3.25 bits per heavy atom. The van der Waals surface area contributed by atoms with E-state index >= 15 is 0 Å². The van der Waals surface area contributed by atoms with Crippen molar-refractivity contribution in [3.63, 3.8) is 0 Å². The number of thioether (sulfide) groups is 1. The third kappa shape index (κ3) is 2.82. The number of hydrogen-bond donors (Lipinski definition) is 1. The second-order valence-corrected chi connectivity index (χ2v) is 4.55. The van der Waals surface area contributed by atoms with Crippen molar-refractivity contribution in [3.05, 3.63) is 12.0 Å². The summed E-state index contributed by atoms with van der Waals surface area (Å²) in [4.78, 5) is 7.86. The molecule has 0 aliphatic carbocycles. The highest BCUT2D eigenvalue weighted by Gasteiger charge is 2.17. The molecule has 0 bridgehead atoms. The maximum absolute atomic E-state index is 13.4. The molecule has 1 aliphatic rings. The number of nitrogens with one attached hydrogen (secondary N) is 1. The molecule has 0 saturated carbocycles. The summed E-state index contributed by atoms with van der Waals surface area (Å²) in [6.45, 7) is 0.819. The first-order valence-corrected chi connectivity index (χ1v) is 6.23. The van der Waals surface area contributed by atoms with E-state index in [9.17, 15) is 4.39 Å². The third-order valence-electron chi connectivity index (χ3n) is 2.37. The maximum atomic E-state index is 13.4. The van der Waals surface area contributed by atoms with Gasteiger partial charge in [-0.2, -0.15) is 0 Å². The zero-order valence-corrected chi connectivity index (χ0v) is 9.89. The van der Waals surface area contributed by atoms with Crippen LogP contribution in [0.1, 0.15) is 12.8 Å². The molecule has 6 heteroatoms. The van der Waals surface area contributed by atoms with Gasteiger partial charge in [-0.1, -0.05) is 0 Å². The normalized spacial score (nSPS) is 20.0. The molecule has 1 aromatic rings. The van der Waals surface area contributed by atoms with Crippen molar-refractivity contribution in [2.24, 2.45) is 0 Å². The number of hydrogen-bond acceptors (Lipinski definition) is 5. The molecule has 16 heavy (non-hydrogen) atoms. The van der Waals surface area contributed by atoms with E-state index in [0.717, 1.165) is 25.2 Å². The van der Waals surface area contributed by atoms with Gasteiger partial charge in [-0.15, -0.1) is 11.8 Å². The van der Waals surface area contributed by atoms with Crippen LogP contribution in [0.15, 0.2) is 11.2 Å². The van der Waals surface area contributed by atoms with Crippen molar-refractivity contribution in [2.75, 3.05) is 24.7 Å². The number of aromatic nitrogens is 2. The molecule has 4 nitrogen and oxygen atoms in total. The van der Waals surface area contributed by atoms with Crippen LogP contribution in [-0.2, 0) is 4.74 Å². The number of rotatable bonds is 4. The quantitative estimate of drug-likeness (QED) is 0.646. The van der Waals surface area contributed by atoms with Gasteiger partial charge in [-0.05, 0) is 12.8 Å². The van der Waals surface area contributed by atoms with Gasteiger partial charge in [0, 0.05) is 19.4 Å². The van der Waals surface area contributed by atoms with Crippen molar-refractivity contribution in [3.8, 4) is 0 Å². The number of nitrogens with zero attached hydrogens (tertiary/aromatic N) is 2. The highest BCUT2D eigenvalue weighted by molar-refractivity contribution is 7.99. The zero-order chi connectivity index (χ0) is 11.4. The molecule has 1 aromatic heterocycles. The first kappa shape index (κ1) is 11.6. The summed E-state index contributed by atoms with van der Waals surface area (Å²) in [5, 5.41) is 3.17. The van der Waals surface area contributed by atoms with Gasteiger partial charge < -0.3 is 10.1 Å². The number of anilines is 1. The van der Waals surface area contributed by atoms with E-state index in [4.69, 9.17) is 4.74 Å². The van der Waals surface area contributed by atoms with Gasteiger partial charge in [0.2, 0.25) is 5.95 Å². The minimum atomic E-state index is -0.373. The Labute approximate surface area is 98.0 Å². The lowest BCUT2D eigenvalue weighted by molar-refractivity contribution is 0.129. The van der Waals surface area contributed by atoms with Crippen LogP contribution < -0.4 is 5.32 Å². The maximum Gasteiger partial charge on any atom is 0.223 e. The molecule has 2 heterocycles. The molecular weight excluding hydrogens is 229 g/mol. The van der Waals surface area contributed by atoms with Gasteiger partial charge in [0.1, 0.15) is 5.03 Å². The first-order chi connectivity index (χ1) is 7.79. The Morgan fingerprint density at radius 1 is 1.69 bits per heavy atom. The SMILES string of the molecule is CNc1ncc(F)c(SCC2CCCO2)n1. The first-order valence-electron chi connectivity index (χ1n) is 5.24. The summed E-state index contributed by atoms with van der Waals surface area (Å²) in [6.07, 6.45) is 3.58. The van der Waals surface area contributed by atoms with Crippen LogP contribution in [0.2, 0.25) is 0 Å². The highest BCUT2D eigenvalue weighted by atomic mass is 32.2. The van der Waals surface area contributed by atoms with Crippen molar-refractivity contribution >= 4 is 17.7 Å². The van der Waals surface area contributed by atoms with E-state index in [2.05, 4.69) is 15.3 Å². The fourth-order valence-electron chi connectivity index (χ4n) is 1.52. The van der Waals surface area contributed by atoms with Crippen LogP contribution in [0.3, 0.4) is 0 Å². The summed E-state index contributed by atoms with van der Waals surface area (Å²) in [5.41, 5.74) is 0. The fourth-order valence-corrected chi connectivity index (χ4v) is 2.47. The predicted molar refractivity (Wildman–Crippen MR) is 61.2 cm³/mol. The molecule has 0 spiro atoms. The minimum absolute atomic E-state index is 0.234. The van der Waals surface area contributed by atoms with Crippen LogP contribution in [-0.4, -0.2) is 35.5 Å². The van der Waals surface area contributed by atoms with Crippen LogP contribution in [0, 0.1) is 5.82 Å². The van der Waals surface area contributed by atoms with Gasteiger partial charge in [-0.3, -0.25) is 0 Å². The minimum Gasteiger partial charge on any atom is -0.377 e. The second-order valence-electron chi connectivity index (χ2n) is 3.54.